The molecule has 1 aliphatic rings. The fourth-order valence-electron chi connectivity index (χ4n) is 1.86. The number of rotatable bonds is 3. The molecule has 82 valence electrons. The number of hydrogen-bond acceptors (Lipinski definition) is 3. The third-order valence-electron chi connectivity index (χ3n) is 2.70. The summed E-state index contributed by atoms with van der Waals surface area (Å²) in [6, 6.07) is 1.86. The van der Waals surface area contributed by atoms with E-state index in [1.807, 2.05) is 12.3 Å². The van der Waals surface area contributed by atoms with E-state index in [4.69, 9.17) is 4.84 Å². The van der Waals surface area contributed by atoms with E-state index in [9.17, 15) is 0 Å². The van der Waals surface area contributed by atoms with E-state index in [1.54, 1.807) is 17.2 Å². The molecule has 1 heterocycles. The van der Waals surface area contributed by atoms with Gasteiger partial charge in [-0.05, 0) is 31.7 Å². The second kappa shape index (κ2) is 5.53. The van der Waals surface area contributed by atoms with Crippen molar-refractivity contribution in [2.24, 2.45) is 5.16 Å². The van der Waals surface area contributed by atoms with Gasteiger partial charge in [0.25, 0.3) is 0 Å². The molecule has 15 heavy (non-hydrogen) atoms. The van der Waals surface area contributed by atoms with Gasteiger partial charge in [-0.25, -0.2) is 4.68 Å². The van der Waals surface area contributed by atoms with E-state index in [0.717, 1.165) is 12.8 Å². The molecule has 0 amide bonds. The van der Waals surface area contributed by atoms with E-state index in [2.05, 4.69) is 10.3 Å². The molecule has 0 aliphatic heterocycles. The fourth-order valence-corrected chi connectivity index (χ4v) is 1.86. The van der Waals surface area contributed by atoms with Crippen LogP contribution in [-0.4, -0.2) is 22.2 Å². The zero-order valence-corrected chi connectivity index (χ0v) is 8.88. The third-order valence-corrected chi connectivity index (χ3v) is 2.70. The Morgan fingerprint density at radius 3 is 2.73 bits per heavy atom. The molecule has 1 aromatic rings. The molecular weight excluding hydrogens is 190 g/mol. The summed E-state index contributed by atoms with van der Waals surface area (Å²) in [5, 5.41) is 7.96. The van der Waals surface area contributed by atoms with Gasteiger partial charge in [-0.1, -0.05) is 18.0 Å². The van der Waals surface area contributed by atoms with E-state index < -0.39 is 0 Å². The molecule has 1 fully saturated rings. The van der Waals surface area contributed by atoms with Gasteiger partial charge in [0.1, 0.15) is 6.10 Å². The molecule has 4 nitrogen and oxygen atoms in total. The lowest BCUT2D eigenvalue weighted by molar-refractivity contribution is 0.0488. The lowest BCUT2D eigenvalue weighted by Crippen LogP contribution is -2.08. The Balaban J connectivity index is 1.76. The Hall–Kier alpha value is -1.32. The van der Waals surface area contributed by atoms with Crippen LogP contribution in [0.25, 0.3) is 0 Å². The van der Waals surface area contributed by atoms with Crippen molar-refractivity contribution in [1.82, 2.24) is 9.78 Å². The minimum Gasteiger partial charge on any atom is -0.391 e. The highest BCUT2D eigenvalue weighted by molar-refractivity contribution is 5.55. The molecular formula is C11H17N3O. The molecule has 0 atom stereocenters. The van der Waals surface area contributed by atoms with Gasteiger partial charge in [0.15, 0.2) is 6.34 Å². The Kier molecular flexibility index (Phi) is 3.77. The molecule has 2 rings (SSSR count). The van der Waals surface area contributed by atoms with Crippen molar-refractivity contribution < 1.29 is 4.84 Å². The smallest absolute Gasteiger partial charge is 0.156 e. The maximum Gasteiger partial charge on any atom is 0.156 e. The molecule has 0 bridgehead atoms. The maximum absolute atomic E-state index is 5.44. The average molecular weight is 207 g/mol. The molecule has 1 aromatic heterocycles. The average Bonchev–Trinajstić information content (AvgIpc) is 2.62. The number of hydrogen-bond donors (Lipinski definition) is 0. The highest BCUT2D eigenvalue weighted by Gasteiger charge is 2.12. The zero-order chi connectivity index (χ0) is 10.3. The zero-order valence-electron chi connectivity index (χ0n) is 8.88. The van der Waals surface area contributed by atoms with E-state index >= 15 is 0 Å². The Labute approximate surface area is 89.9 Å². The largest absolute Gasteiger partial charge is 0.391 e. The third kappa shape index (κ3) is 3.38. The van der Waals surface area contributed by atoms with E-state index in [1.165, 1.54) is 25.7 Å². The first-order chi connectivity index (χ1) is 7.45. The van der Waals surface area contributed by atoms with Crippen molar-refractivity contribution in [3.63, 3.8) is 0 Å². The molecule has 0 unspecified atom stereocenters. The van der Waals surface area contributed by atoms with Crippen molar-refractivity contribution in [2.45, 2.75) is 44.6 Å². The van der Waals surface area contributed by atoms with Crippen LogP contribution in [0.4, 0.5) is 0 Å². The van der Waals surface area contributed by atoms with Crippen molar-refractivity contribution in [3.05, 3.63) is 18.5 Å². The topological polar surface area (TPSA) is 39.4 Å². The van der Waals surface area contributed by atoms with Crippen LogP contribution in [0.1, 0.15) is 38.5 Å². The lowest BCUT2D eigenvalue weighted by atomic mass is 10.2. The molecule has 1 aliphatic carbocycles. The van der Waals surface area contributed by atoms with Gasteiger partial charge in [0.2, 0.25) is 0 Å². The van der Waals surface area contributed by atoms with Gasteiger partial charge in [0, 0.05) is 12.4 Å². The van der Waals surface area contributed by atoms with Crippen molar-refractivity contribution in [2.75, 3.05) is 0 Å². The minimum absolute atomic E-state index is 0.305. The molecule has 1 saturated carbocycles. The summed E-state index contributed by atoms with van der Waals surface area (Å²) in [6.07, 6.45) is 12.9. The predicted molar refractivity (Wildman–Crippen MR) is 58.7 cm³/mol. The van der Waals surface area contributed by atoms with Crippen LogP contribution in [0.2, 0.25) is 0 Å². The Morgan fingerprint density at radius 2 is 2.07 bits per heavy atom. The maximum atomic E-state index is 5.44. The van der Waals surface area contributed by atoms with Crippen molar-refractivity contribution >= 4 is 6.34 Å². The Morgan fingerprint density at radius 1 is 1.27 bits per heavy atom. The van der Waals surface area contributed by atoms with Gasteiger partial charge in [-0.3, -0.25) is 0 Å². The van der Waals surface area contributed by atoms with Crippen LogP contribution < -0.4 is 0 Å². The summed E-state index contributed by atoms with van der Waals surface area (Å²) >= 11 is 0. The van der Waals surface area contributed by atoms with E-state index in [0.29, 0.717) is 6.10 Å². The molecule has 4 heteroatoms. The Bertz CT molecular complexity index is 287. The van der Waals surface area contributed by atoms with Crippen molar-refractivity contribution in [1.29, 1.82) is 0 Å². The van der Waals surface area contributed by atoms with Crippen LogP contribution >= 0.6 is 0 Å². The number of aromatic nitrogens is 2. The minimum atomic E-state index is 0.305. The first kappa shape index (κ1) is 10.2. The highest BCUT2D eigenvalue weighted by Crippen LogP contribution is 2.19. The standard InChI is InChI=1S/C11H17N3O/c1-2-4-7-11(6-3-1)15-13-10-14-9-5-8-12-14/h5,8-11H,1-4,6-7H2. The van der Waals surface area contributed by atoms with Gasteiger partial charge >= 0.3 is 0 Å². The van der Waals surface area contributed by atoms with Gasteiger partial charge in [0.05, 0.1) is 0 Å². The molecule has 0 radical (unpaired) electrons. The van der Waals surface area contributed by atoms with Crippen LogP contribution in [-0.2, 0) is 4.84 Å². The molecule has 0 N–H and O–H groups in total. The van der Waals surface area contributed by atoms with Gasteiger partial charge < -0.3 is 4.84 Å². The number of nitrogens with zero attached hydrogens (tertiary/aromatic N) is 3. The molecule has 0 aromatic carbocycles. The first-order valence-electron chi connectivity index (χ1n) is 5.63. The summed E-state index contributed by atoms with van der Waals surface area (Å²) in [7, 11) is 0. The SMILES string of the molecule is C(=NOC1CCCCCC1)n1cccn1. The molecule has 0 saturated heterocycles. The normalized spacial score (nSPS) is 19.2. The van der Waals surface area contributed by atoms with Crippen molar-refractivity contribution in [3.8, 4) is 0 Å². The summed E-state index contributed by atoms with van der Waals surface area (Å²) in [5.74, 6) is 0. The lowest BCUT2D eigenvalue weighted by Gasteiger charge is -2.10. The fraction of sp³-hybridized carbons (Fsp3) is 0.636. The second-order valence-corrected chi connectivity index (χ2v) is 3.93. The highest BCUT2D eigenvalue weighted by atomic mass is 16.6. The predicted octanol–water partition coefficient (Wildman–Crippen LogP) is 2.41. The first-order valence-corrected chi connectivity index (χ1v) is 5.63. The van der Waals surface area contributed by atoms with E-state index in [-0.39, 0.29) is 0 Å². The second-order valence-electron chi connectivity index (χ2n) is 3.93. The summed E-state index contributed by atoms with van der Waals surface area (Å²) < 4.78 is 1.64. The number of oxime groups is 1. The van der Waals surface area contributed by atoms with Gasteiger partial charge in [-0.15, -0.1) is 0 Å². The monoisotopic (exact) mass is 207 g/mol. The van der Waals surface area contributed by atoms with Crippen LogP contribution in [0, 0.1) is 0 Å². The quantitative estimate of drug-likeness (QED) is 0.330. The summed E-state index contributed by atoms with van der Waals surface area (Å²) in [5.41, 5.74) is 0. The van der Waals surface area contributed by atoms with Crippen LogP contribution in [0.3, 0.4) is 0 Å². The van der Waals surface area contributed by atoms with Crippen LogP contribution in [0.5, 0.6) is 0 Å². The molecule has 0 spiro atoms. The van der Waals surface area contributed by atoms with Gasteiger partial charge in [-0.2, -0.15) is 5.10 Å². The summed E-state index contributed by atoms with van der Waals surface area (Å²) in [4.78, 5) is 5.44. The summed E-state index contributed by atoms with van der Waals surface area (Å²) in [6.45, 7) is 0. The van der Waals surface area contributed by atoms with Crippen LogP contribution in [0.15, 0.2) is 23.6 Å².